The molecule has 6 nitrogen and oxygen atoms in total. The van der Waals surface area contributed by atoms with Gasteiger partial charge in [-0.2, -0.15) is 84.3 Å². The molecule has 0 atom stereocenters. The van der Waals surface area contributed by atoms with E-state index in [1.807, 2.05) is 13.8 Å². The first-order chi connectivity index (χ1) is 20.1. The molecule has 0 unspecified atom stereocenters. The number of alkyl halides is 12. The molecule has 18 heteroatoms. The third-order valence-corrected chi connectivity index (χ3v) is 5.02. The van der Waals surface area contributed by atoms with Crippen molar-refractivity contribution >= 4 is 0 Å². The molecule has 0 N–H and O–H groups in total. The monoisotopic (exact) mass is 636 g/mol. The molecule has 0 bridgehead atoms. The Morgan fingerprint density at radius 1 is 0.477 bits per heavy atom. The lowest BCUT2D eigenvalue weighted by Crippen LogP contribution is -2.21. The van der Waals surface area contributed by atoms with Gasteiger partial charge in [-0.1, -0.05) is 13.8 Å². The topological polar surface area (TPSA) is 143 Å². The highest BCUT2D eigenvalue weighted by atomic mass is 19.4. The Labute approximate surface area is 240 Å². The van der Waals surface area contributed by atoms with Crippen LogP contribution < -0.4 is 0 Å². The van der Waals surface area contributed by atoms with Gasteiger partial charge in [0, 0.05) is 0 Å². The molecule has 0 saturated carbocycles. The fourth-order valence-corrected chi connectivity index (χ4v) is 3.52. The molecule has 0 aromatic heterocycles. The summed E-state index contributed by atoms with van der Waals surface area (Å²) in [5.41, 5.74) is -14.1. The fraction of sp³-hybridized carbons (Fsp3) is 0.308. The minimum atomic E-state index is -5.42. The minimum Gasteiger partial charge on any atom is -0.198 e. The molecular weight excluding hydrogens is 624 g/mol. The third kappa shape index (κ3) is 8.77. The van der Waals surface area contributed by atoms with Crippen molar-refractivity contribution in [2.24, 2.45) is 0 Å². The van der Waals surface area contributed by atoms with E-state index in [1.165, 1.54) is 36.4 Å². The molecule has 0 aliphatic rings. The van der Waals surface area contributed by atoms with Gasteiger partial charge in [-0.05, 0) is 23.3 Å². The van der Waals surface area contributed by atoms with Gasteiger partial charge in [0.05, 0.1) is 69.5 Å². The summed E-state index contributed by atoms with van der Waals surface area (Å²) in [4.78, 5) is 0. The first kappa shape index (κ1) is 38.5. The Hall–Kier alpha value is -5.46. The Morgan fingerprint density at radius 2 is 0.750 bits per heavy atom. The van der Waals surface area contributed by atoms with Crippen LogP contribution >= 0.6 is 0 Å². The molecule has 0 fully saturated rings. The third-order valence-electron chi connectivity index (χ3n) is 5.02. The number of nitriles is 6. The molecule has 2 aromatic carbocycles. The van der Waals surface area contributed by atoms with Crippen molar-refractivity contribution in [2.45, 2.75) is 51.4 Å². The Kier molecular flexibility index (Phi) is 12.8. The maximum Gasteiger partial charge on any atom is 0.417 e. The van der Waals surface area contributed by atoms with E-state index in [4.69, 9.17) is 31.6 Å². The van der Waals surface area contributed by atoms with Crippen LogP contribution in [0.25, 0.3) is 0 Å². The van der Waals surface area contributed by atoms with Crippen LogP contribution in [0.4, 0.5) is 52.7 Å². The molecular formula is C26H12F12N6. The van der Waals surface area contributed by atoms with Crippen molar-refractivity contribution < 1.29 is 52.7 Å². The Bertz CT molecular complexity index is 1510. The Morgan fingerprint density at radius 3 is 0.909 bits per heavy atom. The zero-order valence-corrected chi connectivity index (χ0v) is 21.8. The lowest BCUT2D eigenvalue weighted by Gasteiger charge is -2.19. The SMILES string of the molecule is CC.N#CCc1c(C#N)c(C#N)cc(C(F)(F)F)c1C(F)(F)F.N#CCc1c(C#N)c(C#N)cc(C(F)(F)F)c1C(F)(F)F. The summed E-state index contributed by atoms with van der Waals surface area (Å²) >= 11 is 0. The van der Waals surface area contributed by atoms with E-state index in [-0.39, 0.29) is 12.1 Å². The van der Waals surface area contributed by atoms with Crippen LogP contribution in [0.2, 0.25) is 0 Å². The molecule has 0 aliphatic carbocycles. The quantitative estimate of drug-likeness (QED) is 0.305. The molecule has 2 aromatic rings. The van der Waals surface area contributed by atoms with E-state index >= 15 is 0 Å². The highest BCUT2D eigenvalue weighted by Crippen LogP contribution is 2.45. The van der Waals surface area contributed by atoms with Crippen LogP contribution in [0.5, 0.6) is 0 Å². The van der Waals surface area contributed by atoms with Gasteiger partial charge in [0.2, 0.25) is 0 Å². The second kappa shape index (κ2) is 14.6. The molecule has 230 valence electrons. The maximum absolute atomic E-state index is 12.9. The largest absolute Gasteiger partial charge is 0.417 e. The number of nitrogens with zero attached hydrogens (tertiary/aromatic N) is 6. The average Bonchev–Trinajstić information content (AvgIpc) is 2.91. The maximum atomic E-state index is 12.9. The minimum absolute atomic E-state index is 0.0255. The van der Waals surface area contributed by atoms with E-state index in [9.17, 15) is 52.7 Å². The summed E-state index contributed by atoms with van der Waals surface area (Å²) in [6.45, 7) is 4.00. The second-order valence-corrected chi connectivity index (χ2v) is 7.51. The van der Waals surface area contributed by atoms with Crippen molar-refractivity contribution in [3.63, 3.8) is 0 Å². The van der Waals surface area contributed by atoms with Gasteiger partial charge in [0.15, 0.2) is 0 Å². The van der Waals surface area contributed by atoms with Gasteiger partial charge in [0.1, 0.15) is 24.3 Å². The van der Waals surface area contributed by atoms with Crippen LogP contribution in [0.1, 0.15) is 69.5 Å². The smallest absolute Gasteiger partial charge is 0.198 e. The van der Waals surface area contributed by atoms with Crippen LogP contribution in [0.15, 0.2) is 12.1 Å². The van der Waals surface area contributed by atoms with Gasteiger partial charge in [-0.25, -0.2) is 0 Å². The number of hydrogen-bond acceptors (Lipinski definition) is 6. The lowest BCUT2D eigenvalue weighted by atomic mass is 9.90. The number of hydrogen-bond donors (Lipinski definition) is 0. The van der Waals surface area contributed by atoms with E-state index < -0.39 is 93.2 Å². The van der Waals surface area contributed by atoms with Crippen LogP contribution in [-0.4, -0.2) is 0 Å². The molecule has 44 heavy (non-hydrogen) atoms. The van der Waals surface area contributed by atoms with E-state index in [0.29, 0.717) is 0 Å². The molecule has 0 spiro atoms. The summed E-state index contributed by atoms with van der Waals surface area (Å²) in [5, 5.41) is 51.9. The van der Waals surface area contributed by atoms with Gasteiger partial charge in [-0.3, -0.25) is 0 Å². The number of benzene rings is 2. The highest BCUT2D eigenvalue weighted by Gasteiger charge is 2.47. The predicted octanol–water partition coefficient (Wildman–Crippen LogP) is 8.09. The van der Waals surface area contributed by atoms with Gasteiger partial charge < -0.3 is 0 Å². The standard InChI is InChI=1S/2C12H3F6N3.C2H6/c2*13-11(14,15)9-3-6(4-20)8(5-21)7(1-2-19)10(9)12(16,17)18;1-2/h2*3H,1H2;1-2H3. The van der Waals surface area contributed by atoms with E-state index in [1.54, 1.807) is 0 Å². The van der Waals surface area contributed by atoms with Crippen LogP contribution in [0, 0.1) is 68.0 Å². The Balaban J connectivity index is 0.000000795. The average molecular weight is 636 g/mol. The molecule has 0 amide bonds. The van der Waals surface area contributed by atoms with Crippen molar-refractivity contribution in [2.75, 3.05) is 0 Å². The second-order valence-electron chi connectivity index (χ2n) is 7.51. The van der Waals surface area contributed by atoms with Crippen LogP contribution in [0.3, 0.4) is 0 Å². The molecule has 0 aliphatic heterocycles. The lowest BCUT2D eigenvalue weighted by molar-refractivity contribution is -0.162. The fourth-order valence-electron chi connectivity index (χ4n) is 3.52. The summed E-state index contributed by atoms with van der Waals surface area (Å²) in [6.07, 6.45) is -23.7. The first-order valence-electron chi connectivity index (χ1n) is 11.2. The van der Waals surface area contributed by atoms with Crippen LogP contribution in [-0.2, 0) is 37.5 Å². The number of halogens is 12. The van der Waals surface area contributed by atoms with Gasteiger partial charge in [0.25, 0.3) is 0 Å². The van der Waals surface area contributed by atoms with Crippen molar-refractivity contribution in [1.82, 2.24) is 0 Å². The summed E-state index contributed by atoms with van der Waals surface area (Å²) in [7, 11) is 0. The first-order valence-corrected chi connectivity index (χ1v) is 11.2. The van der Waals surface area contributed by atoms with E-state index in [2.05, 4.69) is 0 Å². The normalized spacial score (nSPS) is 11.0. The zero-order chi connectivity index (χ0) is 34.8. The van der Waals surface area contributed by atoms with Gasteiger partial charge >= 0.3 is 24.7 Å². The van der Waals surface area contributed by atoms with Crippen molar-refractivity contribution in [3.8, 4) is 36.4 Å². The van der Waals surface area contributed by atoms with Crippen molar-refractivity contribution in [3.05, 3.63) is 67.8 Å². The molecule has 0 saturated heterocycles. The predicted molar refractivity (Wildman–Crippen MR) is 122 cm³/mol. The summed E-state index contributed by atoms with van der Waals surface area (Å²) in [5.74, 6) is 0. The summed E-state index contributed by atoms with van der Waals surface area (Å²) < 4.78 is 154. The molecule has 0 radical (unpaired) electrons. The highest BCUT2D eigenvalue weighted by molar-refractivity contribution is 5.60. The molecule has 2 rings (SSSR count). The van der Waals surface area contributed by atoms with E-state index in [0.717, 1.165) is 0 Å². The zero-order valence-electron chi connectivity index (χ0n) is 21.8. The van der Waals surface area contributed by atoms with Gasteiger partial charge in [-0.15, -0.1) is 0 Å². The number of rotatable bonds is 2. The summed E-state index contributed by atoms with van der Waals surface area (Å²) in [6, 6.07) is 7.47. The van der Waals surface area contributed by atoms with Crippen molar-refractivity contribution in [1.29, 1.82) is 31.6 Å². The molecule has 0 heterocycles.